The van der Waals surface area contributed by atoms with E-state index >= 15 is 0 Å². The summed E-state index contributed by atoms with van der Waals surface area (Å²) in [5.41, 5.74) is 9.22. The Balaban J connectivity index is 0.000000177. The number of ether oxygens (including phenoxy) is 2. The third-order valence-electron chi connectivity index (χ3n) is 13.5. The first-order valence-corrected chi connectivity index (χ1v) is 23.5. The van der Waals surface area contributed by atoms with Gasteiger partial charge in [-0.05, 0) is 63.8 Å². The first-order chi connectivity index (χ1) is 33.2. The second kappa shape index (κ2) is 21.0. The standard InChI is InChI=1S/2C23H29N7O3.C2H6/c2*1-3-30-17-5-4-15(10-16(17)26-18(30)11-33-2)19-20-21(25-14-24-20)28-22(27-19)29-8-6-23(12-31,13-32)7-9-29;1-2/h2*4-5,10,14,31-32H,3,6-9,11-13H2,1-2H3,(H,24,25,27,28);1-2H3. The molecule has 2 aliphatic heterocycles. The molecule has 8 aromatic rings. The molecule has 8 heterocycles. The monoisotopic (exact) mass is 933 g/mol. The Hall–Kier alpha value is -6.16. The number of methoxy groups -OCH3 is 2. The highest BCUT2D eigenvalue weighted by molar-refractivity contribution is 5.93. The van der Waals surface area contributed by atoms with Crippen molar-refractivity contribution in [1.82, 2.24) is 59.0 Å². The number of rotatable bonds is 14. The number of piperidine rings is 2. The summed E-state index contributed by atoms with van der Waals surface area (Å²) in [6.07, 6.45) is 5.98. The molecule has 0 radical (unpaired) electrons. The predicted octanol–water partition coefficient (Wildman–Crippen LogP) is 5.24. The number of H-pyrrole nitrogens is 2. The second-order valence-electron chi connectivity index (χ2n) is 17.4. The Kier molecular flexibility index (Phi) is 14.9. The van der Waals surface area contributed by atoms with Gasteiger partial charge in [-0.15, -0.1) is 0 Å². The van der Waals surface area contributed by atoms with E-state index in [9.17, 15) is 20.4 Å². The number of hydrogen-bond acceptors (Lipinski definition) is 16. The van der Waals surface area contributed by atoms with Gasteiger partial charge in [0.15, 0.2) is 11.3 Å². The van der Waals surface area contributed by atoms with Crippen LogP contribution in [0.3, 0.4) is 0 Å². The summed E-state index contributed by atoms with van der Waals surface area (Å²) in [5, 5.41) is 38.9. The van der Waals surface area contributed by atoms with Crippen molar-refractivity contribution in [3.05, 3.63) is 60.7 Å². The molecule has 2 aliphatic rings. The summed E-state index contributed by atoms with van der Waals surface area (Å²) in [7, 11) is 3.35. The SMILES string of the molecule is CC.CCn1c(COC)nc2cc(-c3nc(N4CCC(CO)(CO)CC4)nc4nc[nH]c34)ccc21.CCn1c(COC)nc2cc(-c3nc(N4CCC(CO)(CO)CC4)nc4nc[nH]c34)ccc21. The van der Waals surface area contributed by atoms with Gasteiger partial charge in [0, 0.05) is 75.4 Å². The fourth-order valence-electron chi connectivity index (χ4n) is 9.28. The molecule has 2 aromatic carbocycles. The normalized spacial score (nSPS) is 15.8. The van der Waals surface area contributed by atoms with Crippen molar-refractivity contribution < 1.29 is 29.9 Å². The number of aromatic nitrogens is 12. The maximum Gasteiger partial charge on any atom is 0.228 e. The van der Waals surface area contributed by atoms with E-state index in [1.165, 1.54) is 0 Å². The Morgan fingerprint density at radius 1 is 0.559 bits per heavy atom. The average molecular weight is 933 g/mol. The third-order valence-corrected chi connectivity index (χ3v) is 13.5. The minimum absolute atomic E-state index is 0.0165. The predicted molar refractivity (Wildman–Crippen MR) is 261 cm³/mol. The number of aromatic amines is 2. The van der Waals surface area contributed by atoms with Crippen LogP contribution in [0.5, 0.6) is 0 Å². The van der Waals surface area contributed by atoms with E-state index in [2.05, 4.69) is 87.0 Å². The van der Waals surface area contributed by atoms with Gasteiger partial charge in [0.2, 0.25) is 11.9 Å². The number of aryl methyl sites for hydroxylation is 2. The zero-order valence-corrected chi connectivity index (χ0v) is 39.9. The lowest BCUT2D eigenvalue weighted by Crippen LogP contribution is -2.44. The summed E-state index contributed by atoms with van der Waals surface area (Å²) in [4.78, 5) is 48.1. The molecule has 0 amide bonds. The highest BCUT2D eigenvalue weighted by Crippen LogP contribution is 2.36. The molecule has 20 nitrogen and oxygen atoms in total. The number of nitrogens with zero attached hydrogens (tertiary/aromatic N) is 12. The summed E-state index contributed by atoms with van der Waals surface area (Å²) in [6, 6.07) is 12.3. The van der Waals surface area contributed by atoms with E-state index in [1.807, 2.05) is 26.0 Å². The maximum atomic E-state index is 9.72. The second-order valence-corrected chi connectivity index (χ2v) is 17.4. The highest BCUT2D eigenvalue weighted by Gasteiger charge is 2.36. The Labute approximate surface area is 394 Å². The Morgan fingerprint density at radius 2 is 0.941 bits per heavy atom. The largest absolute Gasteiger partial charge is 0.396 e. The van der Waals surface area contributed by atoms with Gasteiger partial charge >= 0.3 is 0 Å². The summed E-state index contributed by atoms with van der Waals surface area (Å²) in [6.45, 7) is 13.3. The van der Waals surface area contributed by atoms with E-state index < -0.39 is 10.8 Å². The molecule has 0 aliphatic carbocycles. The number of aliphatic hydroxyl groups is 4. The van der Waals surface area contributed by atoms with E-state index in [0.29, 0.717) is 88.3 Å². The Morgan fingerprint density at radius 3 is 1.28 bits per heavy atom. The van der Waals surface area contributed by atoms with Crippen LogP contribution in [0.15, 0.2) is 49.1 Å². The number of anilines is 2. The molecule has 0 unspecified atom stereocenters. The van der Waals surface area contributed by atoms with E-state index in [1.54, 1.807) is 26.9 Å². The van der Waals surface area contributed by atoms with Crippen molar-refractivity contribution >= 4 is 56.3 Å². The smallest absolute Gasteiger partial charge is 0.228 e. The van der Waals surface area contributed by atoms with Gasteiger partial charge in [-0.25, -0.2) is 29.9 Å². The topological polar surface area (TPSA) is 250 Å². The van der Waals surface area contributed by atoms with Gasteiger partial charge in [-0.2, -0.15) is 9.97 Å². The van der Waals surface area contributed by atoms with Gasteiger partial charge in [0.1, 0.15) is 47.3 Å². The zero-order valence-electron chi connectivity index (χ0n) is 39.9. The highest BCUT2D eigenvalue weighted by atomic mass is 16.5. The van der Waals surface area contributed by atoms with Crippen LogP contribution in [-0.2, 0) is 35.8 Å². The summed E-state index contributed by atoms with van der Waals surface area (Å²) >= 11 is 0. The lowest BCUT2D eigenvalue weighted by molar-refractivity contribution is 0.0337. The van der Waals surface area contributed by atoms with Gasteiger partial charge in [0.05, 0.1) is 61.1 Å². The third kappa shape index (κ3) is 9.23. The van der Waals surface area contributed by atoms with Crippen molar-refractivity contribution in [2.75, 3.05) is 76.6 Å². The lowest BCUT2D eigenvalue weighted by Gasteiger charge is -2.39. The minimum atomic E-state index is -0.432. The first-order valence-electron chi connectivity index (χ1n) is 23.5. The van der Waals surface area contributed by atoms with Gasteiger partial charge < -0.3 is 58.8 Å². The average Bonchev–Trinajstić information content (AvgIpc) is 4.21. The number of fused-ring (bicyclic) bond motifs is 4. The van der Waals surface area contributed by atoms with Crippen molar-refractivity contribution in [2.24, 2.45) is 10.8 Å². The number of aliphatic hydroxyl groups excluding tert-OH is 4. The molecule has 6 N–H and O–H groups in total. The molecule has 2 saturated heterocycles. The van der Waals surface area contributed by atoms with Crippen LogP contribution in [0, 0.1) is 10.8 Å². The van der Waals surface area contributed by atoms with E-state index in [0.717, 1.165) is 80.4 Å². The van der Waals surface area contributed by atoms with Crippen LogP contribution in [0.1, 0.15) is 65.0 Å². The molecule has 0 atom stereocenters. The van der Waals surface area contributed by atoms with Crippen LogP contribution in [0.2, 0.25) is 0 Å². The van der Waals surface area contributed by atoms with Crippen LogP contribution >= 0.6 is 0 Å². The molecular weight excluding hydrogens is 869 g/mol. The number of benzene rings is 2. The maximum absolute atomic E-state index is 9.72. The van der Waals surface area contributed by atoms with Crippen molar-refractivity contribution in [3.63, 3.8) is 0 Å². The fourth-order valence-corrected chi connectivity index (χ4v) is 9.28. The lowest BCUT2D eigenvalue weighted by atomic mass is 9.80. The zero-order chi connectivity index (χ0) is 48.0. The Bertz CT molecular complexity index is 2740. The van der Waals surface area contributed by atoms with Crippen LogP contribution in [0.4, 0.5) is 11.9 Å². The first kappa shape index (κ1) is 48.3. The van der Waals surface area contributed by atoms with Crippen LogP contribution < -0.4 is 9.80 Å². The van der Waals surface area contributed by atoms with E-state index in [-0.39, 0.29) is 26.4 Å². The fraction of sp³-hybridized carbons (Fsp3) is 0.500. The van der Waals surface area contributed by atoms with Gasteiger partial charge in [0.25, 0.3) is 0 Å². The molecule has 20 heteroatoms. The van der Waals surface area contributed by atoms with Gasteiger partial charge in [-0.1, -0.05) is 26.0 Å². The molecule has 10 rings (SSSR count). The summed E-state index contributed by atoms with van der Waals surface area (Å²) < 4.78 is 15.0. The van der Waals surface area contributed by atoms with Crippen molar-refractivity contribution in [3.8, 4) is 22.5 Å². The van der Waals surface area contributed by atoms with Crippen LogP contribution in [-0.4, -0.2) is 146 Å². The molecule has 2 fully saturated rings. The molecule has 0 bridgehead atoms. The molecule has 362 valence electrons. The van der Waals surface area contributed by atoms with E-state index in [4.69, 9.17) is 29.4 Å². The molecule has 0 spiro atoms. The molecule has 0 saturated carbocycles. The number of nitrogens with one attached hydrogen (secondary N) is 2. The minimum Gasteiger partial charge on any atom is -0.396 e. The number of hydrogen-bond donors (Lipinski definition) is 6. The van der Waals surface area contributed by atoms with Crippen molar-refractivity contribution in [1.29, 1.82) is 0 Å². The van der Waals surface area contributed by atoms with Crippen LogP contribution in [0.25, 0.3) is 66.9 Å². The molecule has 6 aromatic heterocycles. The molecule has 68 heavy (non-hydrogen) atoms. The summed E-state index contributed by atoms with van der Waals surface area (Å²) in [5.74, 6) is 3.00. The van der Waals surface area contributed by atoms with Gasteiger partial charge in [-0.3, -0.25) is 0 Å². The molecular formula is C48H64N14O6. The number of imidazole rings is 4. The quantitative estimate of drug-likeness (QED) is 0.0816. The van der Waals surface area contributed by atoms with Crippen molar-refractivity contribution in [2.45, 2.75) is 79.7 Å².